The molecule has 0 radical (unpaired) electrons. The van der Waals surface area contributed by atoms with Crippen molar-refractivity contribution >= 4 is 35.5 Å². The molecule has 1 unspecified atom stereocenters. The maximum atomic E-state index is 11.7. The van der Waals surface area contributed by atoms with Crippen LogP contribution in [-0.2, 0) is 9.53 Å². The second-order valence-electron chi connectivity index (χ2n) is 3.87. The first-order chi connectivity index (χ1) is 10.5. The highest BCUT2D eigenvalue weighted by molar-refractivity contribution is 6.33. The number of nitriles is 2. The molecule has 1 aromatic rings. The van der Waals surface area contributed by atoms with E-state index in [1.807, 2.05) is 11.4 Å². The highest BCUT2D eigenvalue weighted by atomic mass is 35.5. The van der Waals surface area contributed by atoms with Gasteiger partial charge in [-0.25, -0.2) is 4.79 Å². The van der Waals surface area contributed by atoms with Gasteiger partial charge in [0, 0.05) is 6.21 Å². The Bertz CT molecular complexity index is 688. The Balaban J connectivity index is 2.82. The van der Waals surface area contributed by atoms with Gasteiger partial charge in [0.25, 0.3) is 5.91 Å². The molecule has 7 nitrogen and oxygen atoms in total. The summed E-state index contributed by atoms with van der Waals surface area (Å²) in [5.41, 5.74) is 0.658. The zero-order valence-corrected chi connectivity index (χ0v) is 12.3. The number of halogens is 1. The third-order valence-corrected chi connectivity index (χ3v) is 2.66. The minimum absolute atomic E-state index is 0.102. The van der Waals surface area contributed by atoms with Crippen molar-refractivity contribution in [1.82, 2.24) is 5.32 Å². The number of carbonyl (C=O) groups excluding carboxylic acids is 2. The number of rotatable bonds is 4. The Labute approximate surface area is 131 Å². The van der Waals surface area contributed by atoms with E-state index >= 15 is 0 Å². The zero-order valence-electron chi connectivity index (χ0n) is 11.5. The van der Waals surface area contributed by atoms with Crippen LogP contribution in [0.15, 0.2) is 23.2 Å². The van der Waals surface area contributed by atoms with Gasteiger partial charge < -0.3 is 4.74 Å². The number of hydrogen-bond donors (Lipinski definition) is 1. The number of nitrogens with one attached hydrogen (secondary N) is 1. The van der Waals surface area contributed by atoms with Crippen molar-refractivity contribution in [3.05, 3.63) is 28.8 Å². The van der Waals surface area contributed by atoms with Crippen molar-refractivity contribution in [2.24, 2.45) is 10.9 Å². The first kappa shape index (κ1) is 17.2. The lowest BCUT2D eigenvalue weighted by Crippen LogP contribution is -2.36. The van der Waals surface area contributed by atoms with E-state index in [0.29, 0.717) is 11.3 Å². The van der Waals surface area contributed by atoms with Crippen LogP contribution in [0.2, 0.25) is 5.02 Å². The van der Waals surface area contributed by atoms with E-state index in [-0.39, 0.29) is 11.6 Å². The number of hydrogen-bond acceptors (Lipinski definition) is 6. The molecule has 1 atom stereocenters. The summed E-state index contributed by atoms with van der Waals surface area (Å²) >= 11 is 5.92. The molecule has 1 aromatic carbocycles. The molecule has 1 N–H and O–H groups in total. The second kappa shape index (κ2) is 8.40. The first-order valence-electron chi connectivity index (χ1n) is 6.12. The number of nitrogens with zero attached hydrogens (tertiary/aromatic N) is 3. The van der Waals surface area contributed by atoms with Gasteiger partial charge in [-0.2, -0.15) is 10.5 Å². The summed E-state index contributed by atoms with van der Waals surface area (Å²) in [6, 6.07) is 8.01. The fraction of sp³-hybridized carbons (Fsp3) is 0.214. The molecule has 0 saturated heterocycles. The molecule has 8 heteroatoms. The number of ether oxygens (including phenoxy) is 1. The average molecular weight is 319 g/mol. The molecule has 0 aliphatic heterocycles. The number of alkyl carbamates (subject to hydrolysis) is 1. The third-order valence-electron chi connectivity index (χ3n) is 2.36. The zero-order chi connectivity index (χ0) is 16.5. The molecule has 0 aromatic heterocycles. The standard InChI is InChI=1S/C14H11ClN4O3/c1-2-22-14(21)19-13(20)10(7-17)8-18-12-4-3-9(6-16)5-11(12)15/h3-5,8,10H,2H2,1H3,(H,19,20,21). The molecular formula is C14H11ClN4O3. The Morgan fingerprint density at radius 3 is 2.77 bits per heavy atom. The Hall–Kier alpha value is -2.90. The van der Waals surface area contributed by atoms with E-state index in [4.69, 9.17) is 22.1 Å². The smallest absolute Gasteiger partial charge is 0.413 e. The third kappa shape index (κ3) is 4.89. The van der Waals surface area contributed by atoms with Gasteiger partial charge in [-0.1, -0.05) is 11.6 Å². The summed E-state index contributed by atoms with van der Waals surface area (Å²) in [4.78, 5) is 26.7. The van der Waals surface area contributed by atoms with E-state index in [2.05, 4.69) is 9.73 Å². The Morgan fingerprint density at radius 2 is 2.23 bits per heavy atom. The summed E-state index contributed by atoms with van der Waals surface area (Å²) in [5.74, 6) is -2.13. The Morgan fingerprint density at radius 1 is 1.50 bits per heavy atom. The number of benzene rings is 1. The summed E-state index contributed by atoms with van der Waals surface area (Å²) in [5, 5.41) is 19.8. The highest BCUT2D eigenvalue weighted by Gasteiger charge is 2.18. The van der Waals surface area contributed by atoms with E-state index in [9.17, 15) is 9.59 Å². The van der Waals surface area contributed by atoms with Crippen LogP contribution in [0.25, 0.3) is 0 Å². The molecule has 0 spiro atoms. The predicted molar refractivity (Wildman–Crippen MR) is 78.6 cm³/mol. The summed E-state index contributed by atoms with van der Waals surface area (Å²) in [7, 11) is 0. The van der Waals surface area contributed by atoms with Crippen LogP contribution in [0.5, 0.6) is 0 Å². The van der Waals surface area contributed by atoms with Crippen LogP contribution in [0, 0.1) is 28.6 Å². The molecule has 0 aliphatic rings. The number of amides is 2. The van der Waals surface area contributed by atoms with Crippen molar-refractivity contribution < 1.29 is 14.3 Å². The van der Waals surface area contributed by atoms with Crippen LogP contribution in [0.4, 0.5) is 10.5 Å². The van der Waals surface area contributed by atoms with Gasteiger partial charge in [0.15, 0.2) is 5.92 Å². The molecular weight excluding hydrogens is 308 g/mol. The Kier molecular flexibility index (Phi) is 6.55. The average Bonchev–Trinajstić information content (AvgIpc) is 2.49. The lowest BCUT2D eigenvalue weighted by Gasteiger charge is -2.05. The molecule has 1 rings (SSSR count). The number of aliphatic imine (C=N–C) groups is 1. The van der Waals surface area contributed by atoms with E-state index in [1.165, 1.54) is 18.2 Å². The van der Waals surface area contributed by atoms with Gasteiger partial charge in [0.05, 0.1) is 35.0 Å². The van der Waals surface area contributed by atoms with Crippen LogP contribution < -0.4 is 5.32 Å². The highest BCUT2D eigenvalue weighted by Crippen LogP contribution is 2.25. The molecule has 22 heavy (non-hydrogen) atoms. The van der Waals surface area contributed by atoms with Crippen molar-refractivity contribution in [1.29, 1.82) is 10.5 Å². The predicted octanol–water partition coefficient (Wildman–Crippen LogP) is 2.33. The van der Waals surface area contributed by atoms with Gasteiger partial charge in [-0.3, -0.25) is 15.1 Å². The SMILES string of the molecule is CCOC(=O)NC(=O)C(C#N)C=Nc1ccc(C#N)cc1Cl. The summed E-state index contributed by atoms with van der Waals surface area (Å²) in [6.45, 7) is 1.69. The van der Waals surface area contributed by atoms with Crippen molar-refractivity contribution in [2.45, 2.75) is 6.92 Å². The molecule has 0 heterocycles. The van der Waals surface area contributed by atoms with Gasteiger partial charge in [0.2, 0.25) is 0 Å². The second-order valence-corrected chi connectivity index (χ2v) is 4.28. The van der Waals surface area contributed by atoms with E-state index in [0.717, 1.165) is 6.21 Å². The normalized spacial score (nSPS) is 11.3. The molecule has 0 fully saturated rings. The number of carbonyl (C=O) groups is 2. The van der Waals surface area contributed by atoms with Crippen molar-refractivity contribution in [3.8, 4) is 12.1 Å². The van der Waals surface area contributed by atoms with Crippen molar-refractivity contribution in [2.75, 3.05) is 6.61 Å². The van der Waals surface area contributed by atoms with Gasteiger partial charge in [0.1, 0.15) is 0 Å². The van der Waals surface area contributed by atoms with Crippen LogP contribution in [0.1, 0.15) is 12.5 Å². The van der Waals surface area contributed by atoms with Crippen molar-refractivity contribution in [3.63, 3.8) is 0 Å². The van der Waals surface area contributed by atoms with E-state index in [1.54, 1.807) is 13.0 Å². The van der Waals surface area contributed by atoms with Crippen LogP contribution in [-0.4, -0.2) is 24.8 Å². The van der Waals surface area contributed by atoms with Gasteiger partial charge >= 0.3 is 6.09 Å². The molecule has 112 valence electrons. The summed E-state index contributed by atoms with van der Waals surface area (Å²) in [6.07, 6.45) is 0.125. The summed E-state index contributed by atoms with van der Waals surface area (Å²) < 4.78 is 4.54. The lowest BCUT2D eigenvalue weighted by molar-refractivity contribution is -0.121. The molecule has 0 aliphatic carbocycles. The largest absolute Gasteiger partial charge is 0.450 e. The van der Waals surface area contributed by atoms with E-state index < -0.39 is 17.9 Å². The van der Waals surface area contributed by atoms with Crippen LogP contribution in [0.3, 0.4) is 0 Å². The lowest BCUT2D eigenvalue weighted by atomic mass is 10.2. The topological polar surface area (TPSA) is 115 Å². The monoisotopic (exact) mass is 318 g/mol. The first-order valence-corrected chi connectivity index (χ1v) is 6.50. The fourth-order valence-corrected chi connectivity index (χ4v) is 1.57. The molecule has 0 saturated carbocycles. The maximum absolute atomic E-state index is 11.7. The number of imide groups is 1. The van der Waals surface area contributed by atoms with Gasteiger partial charge in [-0.05, 0) is 25.1 Å². The minimum Gasteiger partial charge on any atom is -0.450 e. The molecule has 2 amide bonds. The van der Waals surface area contributed by atoms with Crippen LogP contribution >= 0.6 is 11.6 Å². The molecule has 0 bridgehead atoms. The maximum Gasteiger partial charge on any atom is 0.413 e. The quantitative estimate of drug-likeness (QED) is 0.855. The minimum atomic E-state index is -1.28. The fourth-order valence-electron chi connectivity index (χ4n) is 1.34. The van der Waals surface area contributed by atoms with Gasteiger partial charge in [-0.15, -0.1) is 0 Å².